The van der Waals surface area contributed by atoms with Crippen molar-refractivity contribution in [1.82, 2.24) is 0 Å². The highest BCUT2D eigenvalue weighted by Gasteiger charge is 2.02. The molecule has 48 heavy (non-hydrogen) atoms. The van der Waals surface area contributed by atoms with Crippen LogP contribution in [0, 0.1) is 13.8 Å². The first-order valence-corrected chi connectivity index (χ1v) is 16.3. The van der Waals surface area contributed by atoms with Gasteiger partial charge in [-0.05, 0) is 123 Å². The summed E-state index contributed by atoms with van der Waals surface area (Å²) < 4.78 is 0. The molecule has 5 N–H and O–H groups in total. The lowest BCUT2D eigenvalue weighted by Crippen LogP contribution is -3.00. The molecule has 0 radical (unpaired) electrons. The second kappa shape index (κ2) is 16.2. The number of aryl methyl sites for hydroxylation is 2. The van der Waals surface area contributed by atoms with Crippen molar-refractivity contribution < 1.29 is 4.90 Å². The minimum absolute atomic E-state index is 1.07. The Morgan fingerprint density at radius 2 is 0.583 bits per heavy atom. The third kappa shape index (κ3) is 10.1. The Bertz CT molecular complexity index is 1690. The number of hydrogen-bond acceptors (Lipinski definition) is 5. The van der Waals surface area contributed by atoms with Gasteiger partial charge >= 0.3 is 0 Å². The second-order valence-electron chi connectivity index (χ2n) is 12.4. The Balaban J connectivity index is 0.000000190. The SMILES string of the molecule is CN(C)c1ccc(Nc2ccc(Nc3ccc([NH+](C)C)cc3)cc2)cc1.Cc1ccc(Nc2ccc(Nc3ccc(C)cc3)cc2)cc1. The van der Waals surface area contributed by atoms with E-state index in [0.29, 0.717) is 0 Å². The molecule has 0 aliphatic carbocycles. The minimum atomic E-state index is 1.07. The van der Waals surface area contributed by atoms with E-state index >= 15 is 0 Å². The zero-order chi connectivity index (χ0) is 33.9. The molecule has 0 fully saturated rings. The van der Waals surface area contributed by atoms with E-state index in [9.17, 15) is 0 Å². The van der Waals surface area contributed by atoms with Crippen LogP contribution in [0.25, 0.3) is 0 Å². The van der Waals surface area contributed by atoms with E-state index in [1.165, 1.54) is 27.4 Å². The molecule has 0 saturated carbocycles. The summed E-state index contributed by atoms with van der Waals surface area (Å²) in [5.74, 6) is 0. The van der Waals surface area contributed by atoms with E-state index in [2.05, 4.69) is 200 Å². The lowest BCUT2D eigenvalue weighted by Gasteiger charge is -2.14. The molecule has 0 saturated heterocycles. The third-order valence-electron chi connectivity index (χ3n) is 7.87. The zero-order valence-electron chi connectivity index (χ0n) is 28.8. The van der Waals surface area contributed by atoms with E-state index in [-0.39, 0.29) is 0 Å². The number of quaternary nitrogens is 1. The second-order valence-corrected chi connectivity index (χ2v) is 12.4. The molecule has 0 amide bonds. The summed E-state index contributed by atoms with van der Waals surface area (Å²) in [6.07, 6.45) is 0. The highest BCUT2D eigenvalue weighted by Crippen LogP contribution is 2.24. The number of anilines is 9. The summed E-state index contributed by atoms with van der Waals surface area (Å²) in [5, 5.41) is 13.7. The first-order chi connectivity index (χ1) is 23.2. The van der Waals surface area contributed by atoms with E-state index < -0.39 is 0 Å². The molecule has 6 aromatic carbocycles. The Kier molecular flexibility index (Phi) is 11.4. The Morgan fingerprint density at radius 3 is 0.833 bits per heavy atom. The predicted molar refractivity (Wildman–Crippen MR) is 208 cm³/mol. The molecule has 0 bridgehead atoms. The average Bonchev–Trinajstić information content (AvgIpc) is 3.09. The van der Waals surface area contributed by atoms with Crippen molar-refractivity contribution in [1.29, 1.82) is 0 Å². The summed E-state index contributed by atoms with van der Waals surface area (Å²) in [6, 6.07) is 50.4. The van der Waals surface area contributed by atoms with Crippen molar-refractivity contribution in [2.75, 3.05) is 54.4 Å². The number of nitrogens with zero attached hydrogens (tertiary/aromatic N) is 1. The van der Waals surface area contributed by atoms with Crippen LogP contribution in [0.5, 0.6) is 0 Å². The van der Waals surface area contributed by atoms with Gasteiger partial charge in [-0.3, -0.25) is 0 Å². The van der Waals surface area contributed by atoms with Crippen molar-refractivity contribution in [3.63, 3.8) is 0 Å². The van der Waals surface area contributed by atoms with Gasteiger partial charge in [0.25, 0.3) is 0 Å². The van der Waals surface area contributed by atoms with Crippen molar-refractivity contribution in [3.05, 3.63) is 157 Å². The predicted octanol–water partition coefficient (Wildman–Crippen LogP) is 9.81. The highest BCUT2D eigenvalue weighted by atomic mass is 15.1. The van der Waals surface area contributed by atoms with Gasteiger partial charge in [-0.1, -0.05) is 35.4 Å². The molecule has 6 aromatic rings. The molecule has 6 heteroatoms. The van der Waals surface area contributed by atoms with Gasteiger partial charge < -0.3 is 31.1 Å². The fourth-order valence-corrected chi connectivity index (χ4v) is 4.94. The molecular formula is C42H47N6+. The first kappa shape index (κ1) is 33.6. The zero-order valence-corrected chi connectivity index (χ0v) is 28.8. The number of hydrogen-bond donors (Lipinski definition) is 5. The quantitative estimate of drug-likeness (QED) is 0.104. The smallest absolute Gasteiger partial charge is 0.130 e. The number of nitrogens with one attached hydrogen (secondary N) is 5. The molecule has 0 spiro atoms. The Hall–Kier alpha value is -5.72. The largest absolute Gasteiger partial charge is 0.378 e. The summed E-state index contributed by atoms with van der Waals surface area (Å²) in [5.41, 5.74) is 13.7. The van der Waals surface area contributed by atoms with Crippen molar-refractivity contribution in [2.45, 2.75) is 13.8 Å². The number of rotatable bonds is 10. The van der Waals surface area contributed by atoms with Gasteiger partial charge in [0.15, 0.2) is 0 Å². The highest BCUT2D eigenvalue weighted by molar-refractivity contribution is 5.68. The van der Waals surface area contributed by atoms with Gasteiger partial charge in [0.05, 0.1) is 14.1 Å². The molecule has 0 aromatic heterocycles. The first-order valence-electron chi connectivity index (χ1n) is 16.3. The molecule has 0 heterocycles. The van der Waals surface area contributed by atoms with Gasteiger partial charge in [0.2, 0.25) is 0 Å². The Morgan fingerprint density at radius 1 is 0.354 bits per heavy atom. The molecule has 244 valence electrons. The maximum absolute atomic E-state index is 3.44. The van der Waals surface area contributed by atoms with Crippen LogP contribution in [0.3, 0.4) is 0 Å². The molecular weight excluding hydrogens is 589 g/mol. The maximum Gasteiger partial charge on any atom is 0.130 e. The minimum Gasteiger partial charge on any atom is -0.378 e. The van der Waals surface area contributed by atoms with Gasteiger partial charge in [0, 0.05) is 77.4 Å². The molecule has 6 nitrogen and oxygen atoms in total. The summed E-state index contributed by atoms with van der Waals surface area (Å²) in [7, 11) is 8.34. The van der Waals surface area contributed by atoms with Crippen LogP contribution >= 0.6 is 0 Å². The third-order valence-corrected chi connectivity index (χ3v) is 7.87. The fourth-order valence-electron chi connectivity index (χ4n) is 4.94. The van der Waals surface area contributed by atoms with Gasteiger partial charge in [-0.15, -0.1) is 0 Å². The topological polar surface area (TPSA) is 55.8 Å². The number of benzene rings is 6. The van der Waals surface area contributed by atoms with E-state index in [4.69, 9.17) is 0 Å². The van der Waals surface area contributed by atoms with Crippen molar-refractivity contribution >= 4 is 56.9 Å². The standard InChI is InChI=1S/C22H26N4.C20H20N2/c1-25(2)21-13-9-19(10-14-21)23-17-5-7-18(8-6-17)24-20-11-15-22(16-12-20)26(3)4;1-15-3-7-17(8-4-15)21-19-11-13-20(14-12-19)22-18-9-5-16(2)6-10-18/h5-16,23-24H,1-4H3;3-14,21-22H,1-2H3/p+1. The van der Waals surface area contributed by atoms with E-state index in [0.717, 1.165) is 45.5 Å². The average molecular weight is 636 g/mol. The van der Waals surface area contributed by atoms with Crippen LogP contribution in [-0.4, -0.2) is 28.2 Å². The van der Waals surface area contributed by atoms with Gasteiger partial charge in [-0.2, -0.15) is 0 Å². The molecule has 6 rings (SSSR count). The van der Waals surface area contributed by atoms with E-state index in [1.54, 1.807) is 0 Å². The van der Waals surface area contributed by atoms with Crippen LogP contribution < -0.4 is 31.1 Å². The monoisotopic (exact) mass is 635 g/mol. The summed E-state index contributed by atoms with van der Waals surface area (Å²) >= 11 is 0. The van der Waals surface area contributed by atoms with Crippen LogP contribution in [-0.2, 0) is 0 Å². The maximum atomic E-state index is 3.44. The Labute approximate surface area is 286 Å². The molecule has 0 atom stereocenters. The van der Waals surface area contributed by atoms with Crippen LogP contribution in [0.1, 0.15) is 11.1 Å². The normalized spacial score (nSPS) is 10.5. The van der Waals surface area contributed by atoms with Crippen molar-refractivity contribution in [3.8, 4) is 0 Å². The van der Waals surface area contributed by atoms with Crippen LogP contribution in [0.2, 0.25) is 0 Å². The van der Waals surface area contributed by atoms with Gasteiger partial charge in [0.1, 0.15) is 5.69 Å². The van der Waals surface area contributed by atoms with Gasteiger partial charge in [-0.25, -0.2) is 0 Å². The molecule has 0 aliphatic heterocycles. The molecule has 0 aliphatic rings. The van der Waals surface area contributed by atoms with E-state index in [1.807, 2.05) is 14.1 Å². The summed E-state index contributed by atoms with van der Waals surface area (Å²) in [6.45, 7) is 4.19. The lowest BCUT2D eigenvalue weighted by atomic mass is 10.2. The molecule has 0 unspecified atom stereocenters. The van der Waals surface area contributed by atoms with Crippen LogP contribution in [0.15, 0.2) is 146 Å². The summed E-state index contributed by atoms with van der Waals surface area (Å²) in [4.78, 5) is 3.42. The lowest BCUT2D eigenvalue weighted by molar-refractivity contribution is -0.786. The fraction of sp³-hybridized carbons (Fsp3) is 0.143. The van der Waals surface area contributed by atoms with Crippen molar-refractivity contribution in [2.24, 2.45) is 0 Å². The van der Waals surface area contributed by atoms with Crippen LogP contribution in [0.4, 0.5) is 56.9 Å².